The first-order valence-electron chi connectivity index (χ1n) is 12.1. The normalized spacial score (nSPS) is 16.6. The van der Waals surface area contributed by atoms with Gasteiger partial charge in [0, 0.05) is 42.7 Å². The molecule has 0 bridgehead atoms. The number of alkyl halides is 2. The summed E-state index contributed by atoms with van der Waals surface area (Å²) in [6.07, 6.45) is 0.692. The van der Waals surface area contributed by atoms with Crippen molar-refractivity contribution in [2.75, 3.05) is 25.5 Å². The van der Waals surface area contributed by atoms with Gasteiger partial charge < -0.3 is 24.4 Å². The Bertz CT molecular complexity index is 1390. The molecule has 1 unspecified atom stereocenters. The summed E-state index contributed by atoms with van der Waals surface area (Å²) in [5.74, 6) is -2.60. The number of likely N-dealkylation sites (tertiary alicyclic amines) is 1. The second kappa shape index (κ2) is 11.1. The van der Waals surface area contributed by atoms with Crippen molar-refractivity contribution < 1.29 is 27.8 Å². The van der Waals surface area contributed by atoms with E-state index in [4.69, 9.17) is 14.2 Å². The van der Waals surface area contributed by atoms with Crippen molar-refractivity contribution in [3.05, 3.63) is 54.4 Å². The molecule has 1 atom stereocenters. The van der Waals surface area contributed by atoms with Crippen LogP contribution in [-0.4, -0.2) is 63.8 Å². The lowest BCUT2D eigenvalue weighted by Crippen LogP contribution is -2.56. The van der Waals surface area contributed by atoms with Gasteiger partial charge in [-0.2, -0.15) is 5.26 Å². The van der Waals surface area contributed by atoms with Crippen LogP contribution in [0.4, 0.5) is 25.2 Å². The van der Waals surface area contributed by atoms with Crippen LogP contribution in [-0.2, 0) is 4.74 Å². The number of benzene rings is 1. The van der Waals surface area contributed by atoms with Crippen LogP contribution in [0.5, 0.6) is 11.6 Å². The Hall–Kier alpha value is -4.53. The number of nitrogens with zero attached hydrogens (tertiary/aromatic N) is 5. The third-order valence-electron chi connectivity index (χ3n) is 5.71. The van der Waals surface area contributed by atoms with Gasteiger partial charge in [0.05, 0.1) is 24.9 Å². The summed E-state index contributed by atoms with van der Waals surface area (Å²) in [4.78, 5) is 26.0. The number of halogens is 2. The third-order valence-corrected chi connectivity index (χ3v) is 5.71. The van der Waals surface area contributed by atoms with Crippen LogP contribution in [0.2, 0.25) is 0 Å². The lowest BCUT2D eigenvalue weighted by molar-refractivity contribution is -0.137. The van der Waals surface area contributed by atoms with E-state index in [0.717, 1.165) is 4.90 Å². The summed E-state index contributed by atoms with van der Waals surface area (Å²) in [5, 5.41) is 12.8. The fourth-order valence-corrected chi connectivity index (χ4v) is 3.89. The number of anilines is 2. The molecule has 1 aromatic carbocycles. The Morgan fingerprint density at radius 3 is 2.64 bits per heavy atom. The molecule has 3 heterocycles. The molecule has 12 heteroatoms. The molecule has 1 aliphatic heterocycles. The molecule has 1 saturated heterocycles. The maximum Gasteiger partial charge on any atom is 0.410 e. The average molecular weight is 539 g/mol. The van der Waals surface area contributed by atoms with Gasteiger partial charge in [0.1, 0.15) is 17.4 Å². The molecular weight excluding hydrogens is 510 g/mol. The largest absolute Gasteiger partial charge is 0.483 e. The van der Waals surface area contributed by atoms with Crippen molar-refractivity contribution in [1.82, 2.24) is 19.9 Å². The van der Waals surface area contributed by atoms with E-state index in [1.54, 1.807) is 57.4 Å². The van der Waals surface area contributed by atoms with Crippen LogP contribution >= 0.6 is 0 Å². The highest BCUT2D eigenvalue weighted by Crippen LogP contribution is 2.34. The first-order valence-corrected chi connectivity index (χ1v) is 12.1. The van der Waals surface area contributed by atoms with Gasteiger partial charge in [-0.05, 0) is 51.1 Å². The molecule has 10 nitrogen and oxygen atoms in total. The second-order valence-electron chi connectivity index (χ2n) is 9.86. The quantitative estimate of drug-likeness (QED) is 0.452. The third kappa shape index (κ3) is 6.87. The number of rotatable bonds is 6. The molecule has 4 rings (SSSR count). The van der Waals surface area contributed by atoms with E-state index in [9.17, 15) is 18.8 Å². The molecule has 1 aliphatic rings. The molecule has 204 valence electrons. The number of hydrogen-bond acceptors (Lipinski definition) is 9. The number of nitrogens with one attached hydrogen (secondary N) is 1. The van der Waals surface area contributed by atoms with E-state index < -0.39 is 30.3 Å². The molecule has 0 aliphatic carbocycles. The summed E-state index contributed by atoms with van der Waals surface area (Å²) < 4.78 is 45.9. The number of piperidine rings is 1. The zero-order chi connectivity index (χ0) is 28.2. The van der Waals surface area contributed by atoms with Gasteiger partial charge >= 0.3 is 12.0 Å². The van der Waals surface area contributed by atoms with Gasteiger partial charge in [0.15, 0.2) is 6.10 Å². The lowest BCUT2D eigenvalue weighted by Gasteiger charge is -2.38. The summed E-state index contributed by atoms with van der Waals surface area (Å²) in [6, 6.07) is 11.7. The molecule has 1 amide bonds. The SMILES string of the molecule is COc1cc(Nc2nccc(-c3ccc(OC4CCN(C(=O)OC(C)(C)C)CC4(F)F)c(C#N)c3)n2)ccn1. The molecular formula is C27H28F2N6O4. The van der Waals surface area contributed by atoms with Crippen molar-refractivity contribution >= 4 is 17.7 Å². The first-order chi connectivity index (χ1) is 18.5. The second-order valence-corrected chi connectivity index (χ2v) is 9.86. The topological polar surface area (TPSA) is 122 Å². The molecule has 39 heavy (non-hydrogen) atoms. The maximum atomic E-state index is 15.0. The van der Waals surface area contributed by atoms with Gasteiger partial charge in [0.25, 0.3) is 0 Å². The fraction of sp³-hybridized carbons (Fsp3) is 0.370. The summed E-state index contributed by atoms with van der Waals surface area (Å²) in [6.45, 7) is 4.21. The van der Waals surface area contributed by atoms with Gasteiger partial charge in [-0.3, -0.25) is 0 Å². The van der Waals surface area contributed by atoms with Crippen LogP contribution < -0.4 is 14.8 Å². The lowest BCUT2D eigenvalue weighted by atomic mass is 10.0. The molecule has 1 fully saturated rings. The number of pyridine rings is 1. The van der Waals surface area contributed by atoms with Gasteiger partial charge in [-0.25, -0.2) is 28.5 Å². The Labute approximate surface area is 224 Å². The zero-order valence-corrected chi connectivity index (χ0v) is 21.9. The van der Waals surface area contributed by atoms with E-state index in [1.165, 1.54) is 19.2 Å². The molecule has 1 N–H and O–H groups in total. The van der Waals surface area contributed by atoms with Crippen LogP contribution in [0.1, 0.15) is 32.8 Å². The van der Waals surface area contributed by atoms with Crippen molar-refractivity contribution in [2.45, 2.75) is 44.8 Å². The number of carbonyl (C=O) groups is 1. The maximum absolute atomic E-state index is 15.0. The van der Waals surface area contributed by atoms with E-state index in [1.807, 2.05) is 6.07 Å². The van der Waals surface area contributed by atoms with Gasteiger partial charge in [-0.1, -0.05) is 0 Å². The van der Waals surface area contributed by atoms with E-state index in [-0.39, 0.29) is 24.3 Å². The smallest absolute Gasteiger partial charge is 0.410 e. The number of methoxy groups -OCH3 is 1. The summed E-state index contributed by atoms with van der Waals surface area (Å²) in [5.41, 5.74) is 1.02. The standard InChI is InChI=1S/C27H28F2N6O4/c1-26(2,3)39-25(36)35-12-9-22(27(28,29)16-35)38-21-6-5-17(13-18(21)15-30)20-8-11-32-24(34-20)33-19-7-10-31-23(14-19)37-4/h5-8,10-11,13-14,22H,9,12,16H2,1-4H3,(H,31,32,33,34). The predicted molar refractivity (Wildman–Crippen MR) is 138 cm³/mol. The highest BCUT2D eigenvalue weighted by molar-refractivity contribution is 5.68. The van der Waals surface area contributed by atoms with E-state index >= 15 is 0 Å². The number of hydrogen-bond donors (Lipinski definition) is 1. The van der Waals surface area contributed by atoms with Crippen LogP contribution in [0.3, 0.4) is 0 Å². The van der Waals surface area contributed by atoms with E-state index in [2.05, 4.69) is 20.3 Å². The minimum atomic E-state index is -3.34. The molecule has 3 aromatic rings. The minimum absolute atomic E-state index is 0.0212. The number of carbonyl (C=O) groups excluding carboxylic acids is 1. The number of aromatic nitrogens is 3. The Balaban J connectivity index is 1.48. The summed E-state index contributed by atoms with van der Waals surface area (Å²) in [7, 11) is 1.51. The molecule has 0 saturated carbocycles. The van der Waals surface area contributed by atoms with Crippen LogP contribution in [0, 0.1) is 11.3 Å². The number of amides is 1. The van der Waals surface area contributed by atoms with Gasteiger partial charge in [0.2, 0.25) is 11.8 Å². The van der Waals surface area contributed by atoms with Crippen molar-refractivity contribution in [1.29, 1.82) is 5.26 Å². The Morgan fingerprint density at radius 2 is 1.95 bits per heavy atom. The van der Waals surface area contributed by atoms with E-state index in [0.29, 0.717) is 28.8 Å². The van der Waals surface area contributed by atoms with Crippen LogP contribution in [0.25, 0.3) is 11.3 Å². The van der Waals surface area contributed by atoms with Crippen molar-refractivity contribution in [3.63, 3.8) is 0 Å². The molecule has 2 aromatic heterocycles. The number of nitriles is 1. The van der Waals surface area contributed by atoms with Gasteiger partial charge in [-0.15, -0.1) is 0 Å². The summed E-state index contributed by atoms with van der Waals surface area (Å²) >= 11 is 0. The highest BCUT2D eigenvalue weighted by atomic mass is 19.3. The Kier molecular flexibility index (Phi) is 7.80. The average Bonchev–Trinajstić information content (AvgIpc) is 2.89. The fourth-order valence-electron chi connectivity index (χ4n) is 3.89. The van der Waals surface area contributed by atoms with Crippen molar-refractivity contribution in [2.24, 2.45) is 0 Å². The monoisotopic (exact) mass is 538 g/mol. The van der Waals surface area contributed by atoms with Crippen LogP contribution in [0.15, 0.2) is 48.8 Å². The zero-order valence-electron chi connectivity index (χ0n) is 21.9. The predicted octanol–water partition coefficient (Wildman–Crippen LogP) is 5.19. The minimum Gasteiger partial charge on any atom is -0.483 e. The van der Waals surface area contributed by atoms with Crippen molar-refractivity contribution in [3.8, 4) is 29.0 Å². The molecule has 0 radical (unpaired) electrons. The number of ether oxygens (including phenoxy) is 3. The first kappa shape index (κ1) is 27.5. The molecule has 0 spiro atoms. The highest BCUT2D eigenvalue weighted by Gasteiger charge is 2.48. The Morgan fingerprint density at radius 1 is 1.18 bits per heavy atom.